The summed E-state index contributed by atoms with van der Waals surface area (Å²) in [4.78, 5) is 0. The molecule has 0 aromatic heterocycles. The Morgan fingerprint density at radius 3 is 2.33 bits per heavy atom. The molecule has 0 amide bonds. The van der Waals surface area contributed by atoms with E-state index in [1.165, 1.54) is 0 Å². The molecule has 1 aromatic rings. The van der Waals surface area contributed by atoms with Crippen LogP contribution in [0.4, 0.5) is 0 Å². The Morgan fingerprint density at radius 2 is 1.92 bits per heavy atom. The number of nitrogens with two attached hydrogens (primary N) is 1. The predicted molar refractivity (Wildman–Crippen MR) is 50.1 cm³/mol. The molecule has 3 heteroatoms. The van der Waals surface area contributed by atoms with Crippen molar-refractivity contribution in [2.24, 2.45) is 5.73 Å². The van der Waals surface area contributed by atoms with Crippen molar-refractivity contribution in [3.8, 4) is 0 Å². The fraction of sp³-hybridized carbons (Fsp3) is 0.111. The highest BCUT2D eigenvalue weighted by Gasteiger charge is 2.07. The molecule has 0 saturated heterocycles. The van der Waals surface area contributed by atoms with Crippen molar-refractivity contribution >= 4 is 11.6 Å². The zero-order valence-corrected chi connectivity index (χ0v) is 7.25. The van der Waals surface area contributed by atoms with Crippen LogP contribution < -0.4 is 5.73 Å². The first-order valence-electron chi connectivity index (χ1n) is 3.50. The number of hydrogen-bond acceptors (Lipinski definition) is 2. The van der Waals surface area contributed by atoms with Gasteiger partial charge >= 0.3 is 0 Å². The van der Waals surface area contributed by atoms with Crippen LogP contribution in [0.3, 0.4) is 0 Å². The second-order valence-corrected chi connectivity index (χ2v) is 2.96. The Morgan fingerprint density at radius 1 is 1.42 bits per heavy atom. The third-order valence-electron chi connectivity index (χ3n) is 1.59. The first-order chi connectivity index (χ1) is 5.61. The molecule has 2 nitrogen and oxygen atoms in total. The van der Waals surface area contributed by atoms with Crippen LogP contribution in [-0.2, 0) is 0 Å². The number of hydrogen-bond donors (Lipinski definition) is 2. The summed E-state index contributed by atoms with van der Waals surface area (Å²) in [6.45, 7) is 3.35. The molecule has 1 aromatic carbocycles. The van der Waals surface area contributed by atoms with Crippen LogP contribution in [0.15, 0.2) is 36.6 Å². The molecule has 0 aliphatic heterocycles. The molecule has 0 aliphatic carbocycles. The third kappa shape index (κ3) is 2.00. The molecule has 0 saturated carbocycles. The number of aliphatic hydroxyl groups is 1. The van der Waals surface area contributed by atoms with Gasteiger partial charge in [-0.25, -0.2) is 0 Å². The number of halogens is 1. The van der Waals surface area contributed by atoms with E-state index in [-0.39, 0.29) is 5.76 Å². The molecule has 12 heavy (non-hydrogen) atoms. The topological polar surface area (TPSA) is 46.2 Å². The molecule has 0 aliphatic rings. The fourth-order valence-electron chi connectivity index (χ4n) is 0.863. The summed E-state index contributed by atoms with van der Waals surface area (Å²) in [5.74, 6) is -0.0441. The minimum absolute atomic E-state index is 0.0441. The Hall–Kier alpha value is -0.990. The fourth-order valence-corrected chi connectivity index (χ4v) is 0.988. The second kappa shape index (κ2) is 3.61. The molecule has 1 rings (SSSR count). The summed E-state index contributed by atoms with van der Waals surface area (Å²) in [6.07, 6.45) is 0. The van der Waals surface area contributed by atoms with Crippen LogP contribution in [0.25, 0.3) is 0 Å². The smallest absolute Gasteiger partial charge is 0.106 e. The van der Waals surface area contributed by atoms with Crippen LogP contribution >= 0.6 is 11.6 Å². The van der Waals surface area contributed by atoms with Gasteiger partial charge in [-0.05, 0) is 17.7 Å². The average molecular weight is 184 g/mol. The van der Waals surface area contributed by atoms with Crippen LogP contribution in [0.2, 0.25) is 5.02 Å². The monoisotopic (exact) mass is 183 g/mol. The van der Waals surface area contributed by atoms with Crippen LogP contribution in [0, 0.1) is 0 Å². The van der Waals surface area contributed by atoms with Gasteiger partial charge in [0.2, 0.25) is 0 Å². The summed E-state index contributed by atoms with van der Waals surface area (Å²) < 4.78 is 0. The summed E-state index contributed by atoms with van der Waals surface area (Å²) >= 11 is 5.67. The third-order valence-corrected chi connectivity index (χ3v) is 1.84. The molecule has 1 unspecified atom stereocenters. The summed E-state index contributed by atoms with van der Waals surface area (Å²) in [6, 6.07) is 6.43. The van der Waals surface area contributed by atoms with Gasteiger partial charge in [-0.2, -0.15) is 0 Å². The van der Waals surface area contributed by atoms with Crippen LogP contribution in [0.1, 0.15) is 11.6 Å². The largest absolute Gasteiger partial charge is 0.511 e. The van der Waals surface area contributed by atoms with E-state index in [0.29, 0.717) is 5.02 Å². The minimum atomic E-state index is -0.526. The standard InChI is InChI=1S/C9H10ClNO/c1-6(12)9(11)7-2-4-8(10)5-3-7/h2-5,9,12H,1,11H2. The van der Waals surface area contributed by atoms with Crippen molar-refractivity contribution in [2.75, 3.05) is 0 Å². The van der Waals surface area contributed by atoms with Gasteiger partial charge in [0, 0.05) is 5.02 Å². The Balaban J connectivity index is 2.89. The van der Waals surface area contributed by atoms with Crippen molar-refractivity contribution in [2.45, 2.75) is 6.04 Å². The van der Waals surface area contributed by atoms with Crippen LogP contribution in [0.5, 0.6) is 0 Å². The summed E-state index contributed by atoms with van der Waals surface area (Å²) in [5, 5.41) is 9.64. The predicted octanol–water partition coefficient (Wildman–Crippen LogP) is 2.41. The van der Waals surface area contributed by atoms with Gasteiger partial charge in [0.05, 0.1) is 6.04 Å². The van der Waals surface area contributed by atoms with Gasteiger partial charge in [-0.15, -0.1) is 0 Å². The van der Waals surface area contributed by atoms with E-state index >= 15 is 0 Å². The van der Waals surface area contributed by atoms with E-state index in [1.807, 2.05) is 0 Å². The van der Waals surface area contributed by atoms with E-state index in [4.69, 9.17) is 22.4 Å². The number of benzene rings is 1. The maximum Gasteiger partial charge on any atom is 0.106 e. The van der Waals surface area contributed by atoms with Crippen LogP contribution in [-0.4, -0.2) is 5.11 Å². The SMILES string of the molecule is C=C(O)C(N)c1ccc(Cl)cc1. The lowest BCUT2D eigenvalue weighted by molar-refractivity contribution is 0.373. The van der Waals surface area contributed by atoms with Crippen molar-refractivity contribution in [1.82, 2.24) is 0 Å². The maximum atomic E-state index is 8.99. The highest BCUT2D eigenvalue weighted by molar-refractivity contribution is 6.30. The molecule has 1 atom stereocenters. The molecule has 0 bridgehead atoms. The van der Waals surface area contributed by atoms with Gasteiger partial charge in [0.25, 0.3) is 0 Å². The van der Waals surface area contributed by atoms with E-state index in [2.05, 4.69) is 6.58 Å². The normalized spacial score (nSPS) is 12.5. The molecular formula is C9H10ClNO. The summed E-state index contributed by atoms with van der Waals surface area (Å²) in [5.41, 5.74) is 6.39. The lowest BCUT2D eigenvalue weighted by Gasteiger charge is -2.09. The van der Waals surface area contributed by atoms with Gasteiger partial charge < -0.3 is 10.8 Å². The molecule has 0 spiro atoms. The van der Waals surface area contributed by atoms with Gasteiger partial charge in [-0.1, -0.05) is 30.3 Å². The Bertz CT molecular complexity index is 281. The van der Waals surface area contributed by atoms with Gasteiger partial charge in [0.15, 0.2) is 0 Å². The van der Waals surface area contributed by atoms with E-state index < -0.39 is 6.04 Å². The molecule has 0 radical (unpaired) electrons. The lowest BCUT2D eigenvalue weighted by Crippen LogP contribution is -2.11. The lowest BCUT2D eigenvalue weighted by atomic mass is 10.1. The zero-order valence-electron chi connectivity index (χ0n) is 6.50. The van der Waals surface area contributed by atoms with Crippen molar-refractivity contribution < 1.29 is 5.11 Å². The van der Waals surface area contributed by atoms with Crippen molar-refractivity contribution in [3.63, 3.8) is 0 Å². The second-order valence-electron chi connectivity index (χ2n) is 2.52. The first kappa shape index (κ1) is 9.10. The molecule has 64 valence electrons. The average Bonchev–Trinajstić information content (AvgIpc) is 2.04. The van der Waals surface area contributed by atoms with Gasteiger partial charge in [0.1, 0.15) is 5.76 Å². The maximum absolute atomic E-state index is 8.99. The molecular weight excluding hydrogens is 174 g/mol. The number of aliphatic hydroxyl groups excluding tert-OH is 1. The number of rotatable bonds is 2. The van der Waals surface area contributed by atoms with E-state index in [1.54, 1.807) is 24.3 Å². The first-order valence-corrected chi connectivity index (χ1v) is 3.88. The minimum Gasteiger partial charge on any atom is -0.511 e. The summed E-state index contributed by atoms with van der Waals surface area (Å²) in [7, 11) is 0. The van der Waals surface area contributed by atoms with E-state index in [9.17, 15) is 0 Å². The molecule has 0 heterocycles. The van der Waals surface area contributed by atoms with Crippen molar-refractivity contribution in [3.05, 3.63) is 47.2 Å². The molecule has 0 fully saturated rings. The van der Waals surface area contributed by atoms with Crippen molar-refractivity contribution in [1.29, 1.82) is 0 Å². The highest BCUT2D eigenvalue weighted by Crippen LogP contribution is 2.17. The highest BCUT2D eigenvalue weighted by atomic mass is 35.5. The molecule has 3 N–H and O–H groups in total. The van der Waals surface area contributed by atoms with E-state index in [0.717, 1.165) is 5.56 Å². The Kier molecular flexibility index (Phi) is 2.74. The zero-order chi connectivity index (χ0) is 9.14. The Labute approximate surface area is 76.3 Å². The quantitative estimate of drug-likeness (QED) is 0.692. The van der Waals surface area contributed by atoms with Gasteiger partial charge in [-0.3, -0.25) is 0 Å².